The summed E-state index contributed by atoms with van der Waals surface area (Å²) in [4.78, 5) is 2.37. The lowest BCUT2D eigenvalue weighted by Gasteiger charge is -2.32. The second-order valence-electron chi connectivity index (χ2n) is 4.95. The van der Waals surface area contributed by atoms with Gasteiger partial charge in [-0.1, -0.05) is 24.3 Å². The van der Waals surface area contributed by atoms with E-state index in [-0.39, 0.29) is 5.54 Å². The normalized spacial score (nSPS) is 12.1. The third-order valence-corrected chi connectivity index (χ3v) is 2.81. The Balaban J connectivity index is 2.75. The summed E-state index contributed by atoms with van der Waals surface area (Å²) < 4.78 is 0. The molecular weight excluding hydrogens is 170 g/mol. The van der Waals surface area contributed by atoms with Crippen LogP contribution < -0.4 is 0 Å². The number of hydrogen-bond acceptors (Lipinski definition) is 1. The molecular formula is C13H21N. The van der Waals surface area contributed by atoms with E-state index in [0.29, 0.717) is 0 Å². The highest BCUT2D eigenvalue weighted by molar-refractivity contribution is 5.25. The highest BCUT2D eigenvalue weighted by Crippen LogP contribution is 2.16. The van der Waals surface area contributed by atoms with Gasteiger partial charge in [-0.3, -0.25) is 4.90 Å². The van der Waals surface area contributed by atoms with Crippen LogP contribution in [-0.2, 0) is 6.54 Å². The molecule has 0 fully saturated rings. The van der Waals surface area contributed by atoms with Gasteiger partial charge in [0.05, 0.1) is 0 Å². The van der Waals surface area contributed by atoms with Crippen molar-refractivity contribution < 1.29 is 0 Å². The Kier molecular flexibility index (Phi) is 3.33. The first-order valence-electron chi connectivity index (χ1n) is 5.17. The summed E-state index contributed by atoms with van der Waals surface area (Å²) in [5, 5.41) is 0. The molecule has 1 rings (SSSR count). The third-order valence-electron chi connectivity index (χ3n) is 2.81. The van der Waals surface area contributed by atoms with Crippen molar-refractivity contribution in [2.75, 3.05) is 7.05 Å². The van der Waals surface area contributed by atoms with Crippen molar-refractivity contribution in [1.29, 1.82) is 0 Å². The fraction of sp³-hybridized carbons (Fsp3) is 0.538. The summed E-state index contributed by atoms with van der Waals surface area (Å²) in [6.07, 6.45) is 0. The molecule has 0 bridgehead atoms. The van der Waals surface area contributed by atoms with Crippen molar-refractivity contribution in [2.45, 2.75) is 39.8 Å². The Hall–Kier alpha value is -0.820. The van der Waals surface area contributed by atoms with Gasteiger partial charge >= 0.3 is 0 Å². The fourth-order valence-corrected chi connectivity index (χ4v) is 1.28. The van der Waals surface area contributed by atoms with Crippen molar-refractivity contribution in [2.24, 2.45) is 0 Å². The summed E-state index contributed by atoms with van der Waals surface area (Å²) >= 11 is 0. The first-order valence-corrected chi connectivity index (χ1v) is 5.17. The number of nitrogens with zero attached hydrogens (tertiary/aromatic N) is 1. The average Bonchev–Trinajstić information content (AvgIpc) is 2.07. The average molecular weight is 191 g/mol. The van der Waals surface area contributed by atoms with Gasteiger partial charge < -0.3 is 0 Å². The van der Waals surface area contributed by atoms with Gasteiger partial charge in [0.1, 0.15) is 0 Å². The van der Waals surface area contributed by atoms with Crippen LogP contribution in [0.2, 0.25) is 0 Å². The molecule has 0 aliphatic heterocycles. The largest absolute Gasteiger partial charge is 0.297 e. The zero-order valence-electron chi connectivity index (χ0n) is 9.96. The van der Waals surface area contributed by atoms with Gasteiger partial charge in [-0.15, -0.1) is 0 Å². The van der Waals surface area contributed by atoms with Crippen molar-refractivity contribution in [1.82, 2.24) is 4.90 Å². The summed E-state index contributed by atoms with van der Waals surface area (Å²) in [7, 11) is 2.17. The maximum atomic E-state index is 2.37. The Morgan fingerprint density at radius 1 is 1.14 bits per heavy atom. The topological polar surface area (TPSA) is 3.24 Å². The number of aryl methyl sites for hydroxylation is 1. The molecule has 0 heterocycles. The first kappa shape index (κ1) is 11.3. The van der Waals surface area contributed by atoms with E-state index in [1.54, 1.807) is 0 Å². The van der Waals surface area contributed by atoms with E-state index in [9.17, 15) is 0 Å². The Morgan fingerprint density at radius 3 is 2.21 bits per heavy atom. The molecule has 78 valence electrons. The van der Waals surface area contributed by atoms with E-state index in [0.717, 1.165) is 6.54 Å². The standard InChI is InChI=1S/C13H21N/c1-11-8-6-7-9-12(11)10-14(5)13(2,3)4/h6-9H,10H2,1-5H3. The van der Waals surface area contributed by atoms with Crippen LogP contribution in [0.15, 0.2) is 24.3 Å². The second kappa shape index (κ2) is 4.14. The van der Waals surface area contributed by atoms with Crippen LogP contribution in [0.1, 0.15) is 31.9 Å². The molecule has 0 radical (unpaired) electrons. The monoisotopic (exact) mass is 191 g/mol. The summed E-state index contributed by atoms with van der Waals surface area (Å²) in [5.41, 5.74) is 3.04. The smallest absolute Gasteiger partial charge is 0.0238 e. The number of rotatable bonds is 2. The minimum Gasteiger partial charge on any atom is -0.297 e. The maximum absolute atomic E-state index is 2.37. The van der Waals surface area contributed by atoms with Gasteiger partial charge in [-0.2, -0.15) is 0 Å². The van der Waals surface area contributed by atoms with E-state index in [1.807, 2.05) is 0 Å². The molecule has 1 nitrogen and oxygen atoms in total. The minimum atomic E-state index is 0.238. The fourth-order valence-electron chi connectivity index (χ4n) is 1.28. The molecule has 1 aromatic rings. The molecule has 0 aromatic heterocycles. The predicted molar refractivity (Wildman–Crippen MR) is 62.4 cm³/mol. The lowest BCUT2D eigenvalue weighted by molar-refractivity contribution is 0.167. The Morgan fingerprint density at radius 2 is 1.71 bits per heavy atom. The second-order valence-corrected chi connectivity index (χ2v) is 4.95. The predicted octanol–water partition coefficient (Wildman–Crippen LogP) is 3.23. The molecule has 0 aliphatic rings. The van der Waals surface area contributed by atoms with Gasteiger partial charge in [0.2, 0.25) is 0 Å². The molecule has 0 saturated heterocycles. The molecule has 1 heteroatoms. The highest BCUT2D eigenvalue weighted by atomic mass is 15.1. The highest BCUT2D eigenvalue weighted by Gasteiger charge is 2.17. The zero-order chi connectivity index (χ0) is 10.8. The van der Waals surface area contributed by atoms with Crippen LogP contribution in [-0.4, -0.2) is 17.5 Å². The molecule has 1 aromatic carbocycles. The number of hydrogen-bond donors (Lipinski definition) is 0. The Bertz CT molecular complexity index is 296. The molecule has 14 heavy (non-hydrogen) atoms. The van der Waals surface area contributed by atoms with Gasteiger partial charge in [0.15, 0.2) is 0 Å². The van der Waals surface area contributed by atoms with Gasteiger partial charge in [0, 0.05) is 12.1 Å². The zero-order valence-corrected chi connectivity index (χ0v) is 9.96. The molecule has 0 saturated carbocycles. The van der Waals surface area contributed by atoms with Crippen LogP contribution in [0.25, 0.3) is 0 Å². The SMILES string of the molecule is Cc1ccccc1CN(C)C(C)(C)C. The first-order chi connectivity index (χ1) is 6.41. The van der Waals surface area contributed by atoms with Crippen LogP contribution >= 0.6 is 0 Å². The lowest BCUT2D eigenvalue weighted by atomic mass is 10.0. The van der Waals surface area contributed by atoms with E-state index >= 15 is 0 Å². The van der Waals surface area contributed by atoms with Crippen LogP contribution in [0.5, 0.6) is 0 Å². The van der Waals surface area contributed by atoms with Crippen molar-refractivity contribution in [3.63, 3.8) is 0 Å². The van der Waals surface area contributed by atoms with Gasteiger partial charge in [-0.25, -0.2) is 0 Å². The number of benzene rings is 1. The van der Waals surface area contributed by atoms with Crippen LogP contribution in [0, 0.1) is 6.92 Å². The molecule has 0 amide bonds. The maximum Gasteiger partial charge on any atom is 0.0238 e. The summed E-state index contributed by atoms with van der Waals surface area (Å²) in [5.74, 6) is 0. The third kappa shape index (κ3) is 2.85. The van der Waals surface area contributed by atoms with Crippen molar-refractivity contribution in [3.05, 3.63) is 35.4 Å². The van der Waals surface area contributed by atoms with Crippen LogP contribution in [0.3, 0.4) is 0 Å². The van der Waals surface area contributed by atoms with Crippen molar-refractivity contribution >= 4 is 0 Å². The molecule has 0 unspecified atom stereocenters. The van der Waals surface area contributed by atoms with Crippen LogP contribution in [0.4, 0.5) is 0 Å². The van der Waals surface area contributed by atoms with E-state index < -0.39 is 0 Å². The molecule has 0 spiro atoms. The summed E-state index contributed by atoms with van der Waals surface area (Å²) in [6.45, 7) is 9.92. The van der Waals surface area contributed by atoms with Gasteiger partial charge in [0.25, 0.3) is 0 Å². The van der Waals surface area contributed by atoms with E-state index in [2.05, 4.69) is 63.9 Å². The lowest BCUT2D eigenvalue weighted by Crippen LogP contribution is -2.37. The molecule has 0 N–H and O–H groups in total. The molecule has 0 atom stereocenters. The Labute approximate surface area is 87.7 Å². The van der Waals surface area contributed by atoms with Crippen molar-refractivity contribution in [3.8, 4) is 0 Å². The minimum absolute atomic E-state index is 0.238. The molecule has 0 aliphatic carbocycles. The quantitative estimate of drug-likeness (QED) is 0.693. The summed E-state index contributed by atoms with van der Waals surface area (Å²) in [6, 6.07) is 8.58. The van der Waals surface area contributed by atoms with E-state index in [1.165, 1.54) is 11.1 Å². The van der Waals surface area contributed by atoms with Gasteiger partial charge in [-0.05, 0) is 45.9 Å². The van der Waals surface area contributed by atoms with E-state index in [4.69, 9.17) is 0 Å².